The number of hydrogen-bond donors (Lipinski definition) is 2. The van der Waals surface area contributed by atoms with Crippen molar-refractivity contribution >= 4 is 41.1 Å². The molecule has 21 heavy (non-hydrogen) atoms. The van der Waals surface area contributed by atoms with Crippen LogP contribution >= 0.6 is 23.1 Å². The van der Waals surface area contributed by atoms with E-state index < -0.39 is 5.97 Å². The average Bonchev–Trinajstić information content (AvgIpc) is 2.94. The number of thiophene rings is 1. The highest BCUT2D eigenvalue weighted by atomic mass is 32.2. The number of thioether (sulfide) groups is 1. The number of nitrogens with one attached hydrogen (secondary N) is 1. The topological polar surface area (TPSA) is 66.4 Å². The summed E-state index contributed by atoms with van der Waals surface area (Å²) in [4.78, 5) is 24.2. The lowest BCUT2D eigenvalue weighted by Crippen LogP contribution is -2.43. The van der Waals surface area contributed by atoms with Crippen LogP contribution in [0.2, 0.25) is 0 Å². The third-order valence-electron chi connectivity index (χ3n) is 3.56. The van der Waals surface area contributed by atoms with E-state index in [4.69, 9.17) is 5.11 Å². The van der Waals surface area contributed by atoms with Gasteiger partial charge in [0.2, 0.25) is 0 Å². The predicted molar refractivity (Wildman–Crippen MR) is 88.0 cm³/mol. The zero-order valence-electron chi connectivity index (χ0n) is 11.9. The molecule has 1 aliphatic carbocycles. The number of carbonyl (C=O) groups excluding carboxylic acids is 1. The molecule has 0 bridgehead atoms. The highest BCUT2D eigenvalue weighted by Crippen LogP contribution is 2.28. The lowest BCUT2D eigenvalue weighted by atomic mass is 9.95. The monoisotopic (exact) mass is 325 g/mol. The van der Waals surface area contributed by atoms with Crippen molar-refractivity contribution in [3.8, 4) is 0 Å². The van der Waals surface area contributed by atoms with Gasteiger partial charge < -0.3 is 10.4 Å². The Bertz CT molecular complexity index is 539. The Morgan fingerprint density at radius 2 is 2.14 bits per heavy atom. The maximum Gasteiger partial charge on any atom is 0.328 e. The third-order valence-corrected chi connectivity index (χ3v) is 5.78. The Morgan fingerprint density at radius 3 is 2.86 bits per heavy atom. The van der Waals surface area contributed by atoms with Gasteiger partial charge in [-0.1, -0.05) is 12.8 Å². The Hall–Kier alpha value is -1.27. The number of hydrogen-bond acceptors (Lipinski definition) is 4. The number of carboxylic acids is 1. The molecule has 0 radical (unpaired) electrons. The van der Waals surface area contributed by atoms with Gasteiger partial charge in [0.15, 0.2) is 0 Å². The first kappa shape index (κ1) is 16.1. The molecular formula is C15H19NO3S2. The fourth-order valence-corrected chi connectivity index (χ4v) is 4.25. The van der Waals surface area contributed by atoms with Crippen LogP contribution in [0.4, 0.5) is 0 Å². The van der Waals surface area contributed by atoms with Crippen LogP contribution in [0.5, 0.6) is 0 Å². The highest BCUT2D eigenvalue weighted by Gasteiger charge is 2.26. The second kappa shape index (κ2) is 7.66. The van der Waals surface area contributed by atoms with Crippen molar-refractivity contribution in [2.24, 2.45) is 0 Å². The minimum atomic E-state index is -0.987. The molecule has 1 aromatic rings. The fourth-order valence-electron chi connectivity index (χ4n) is 2.50. The fraction of sp³-hybridized carbons (Fsp3) is 0.467. The van der Waals surface area contributed by atoms with Gasteiger partial charge in [-0.05, 0) is 37.3 Å². The first-order chi connectivity index (χ1) is 10.1. The van der Waals surface area contributed by atoms with E-state index in [9.17, 15) is 9.59 Å². The van der Waals surface area contributed by atoms with Crippen LogP contribution in [0, 0.1) is 0 Å². The van der Waals surface area contributed by atoms with Crippen molar-refractivity contribution in [1.29, 1.82) is 0 Å². The molecule has 4 nitrogen and oxygen atoms in total. The van der Waals surface area contributed by atoms with Crippen molar-refractivity contribution in [2.45, 2.75) is 37.0 Å². The van der Waals surface area contributed by atoms with E-state index in [2.05, 4.69) is 11.6 Å². The molecule has 2 rings (SSSR count). The molecule has 2 N–H and O–H groups in total. The summed E-state index contributed by atoms with van der Waals surface area (Å²) in [5.41, 5.74) is 0. The molecule has 0 saturated heterocycles. The number of aliphatic carboxylic acids is 1. The summed E-state index contributed by atoms with van der Waals surface area (Å²) in [6, 6.07) is 3.76. The molecule has 1 saturated carbocycles. The van der Waals surface area contributed by atoms with Gasteiger partial charge in [-0.25, -0.2) is 4.79 Å². The van der Waals surface area contributed by atoms with Gasteiger partial charge in [0, 0.05) is 22.2 Å². The second-order valence-corrected chi connectivity index (χ2v) is 7.20. The standard InChI is InChI=1S/C15H19NO3S2/c1-20-12-5-3-2-4-11(12)16-15(19)13-8-6-10(21-13)7-9-14(17)18/h6-9,11-12H,2-5H2,1H3,(H,16,19)(H,17,18)/b9-7+. The van der Waals surface area contributed by atoms with Crippen molar-refractivity contribution in [3.05, 3.63) is 28.0 Å². The summed E-state index contributed by atoms with van der Waals surface area (Å²) in [6.45, 7) is 0. The Kier molecular flexibility index (Phi) is 5.87. The molecule has 1 heterocycles. The summed E-state index contributed by atoms with van der Waals surface area (Å²) >= 11 is 3.13. The van der Waals surface area contributed by atoms with Gasteiger partial charge in [-0.15, -0.1) is 11.3 Å². The maximum atomic E-state index is 12.3. The molecule has 114 valence electrons. The lowest BCUT2D eigenvalue weighted by Gasteiger charge is -2.30. The molecule has 6 heteroatoms. The van der Waals surface area contributed by atoms with Crippen LogP contribution in [0.3, 0.4) is 0 Å². The Balaban J connectivity index is 1.98. The van der Waals surface area contributed by atoms with E-state index in [0.29, 0.717) is 10.1 Å². The average molecular weight is 325 g/mol. The molecule has 0 aromatic carbocycles. The first-order valence-electron chi connectivity index (χ1n) is 6.94. The van der Waals surface area contributed by atoms with Crippen LogP contribution in [0.1, 0.15) is 40.2 Å². The van der Waals surface area contributed by atoms with Crippen LogP contribution in [-0.2, 0) is 4.79 Å². The summed E-state index contributed by atoms with van der Waals surface area (Å²) in [5, 5.41) is 12.2. The van der Waals surface area contributed by atoms with Gasteiger partial charge in [0.25, 0.3) is 5.91 Å². The van der Waals surface area contributed by atoms with Crippen LogP contribution in [0.25, 0.3) is 6.08 Å². The van der Waals surface area contributed by atoms with E-state index >= 15 is 0 Å². The summed E-state index contributed by atoms with van der Waals surface area (Å²) in [6.07, 6.45) is 9.28. The zero-order valence-corrected chi connectivity index (χ0v) is 13.5. The molecule has 1 fully saturated rings. The Labute approximate surface area is 132 Å². The van der Waals surface area contributed by atoms with Gasteiger partial charge in [-0.2, -0.15) is 11.8 Å². The largest absolute Gasteiger partial charge is 0.478 e. The van der Waals surface area contributed by atoms with Crippen LogP contribution in [-0.4, -0.2) is 34.5 Å². The van der Waals surface area contributed by atoms with Gasteiger partial charge in [-0.3, -0.25) is 4.79 Å². The molecule has 1 aromatic heterocycles. The van der Waals surface area contributed by atoms with E-state index in [0.717, 1.165) is 23.8 Å². The number of amides is 1. The normalized spacial score (nSPS) is 22.3. The number of rotatable bonds is 5. The molecule has 2 atom stereocenters. The van der Waals surface area contributed by atoms with Crippen molar-refractivity contribution in [2.75, 3.05) is 6.26 Å². The summed E-state index contributed by atoms with van der Waals surface area (Å²) in [5.74, 6) is -1.04. The van der Waals surface area contributed by atoms with E-state index in [1.165, 1.54) is 30.3 Å². The minimum Gasteiger partial charge on any atom is -0.478 e. The van der Waals surface area contributed by atoms with Gasteiger partial charge in [0.1, 0.15) is 0 Å². The van der Waals surface area contributed by atoms with E-state index in [1.54, 1.807) is 12.1 Å². The molecule has 0 spiro atoms. The molecule has 1 aliphatic rings. The summed E-state index contributed by atoms with van der Waals surface area (Å²) < 4.78 is 0. The zero-order chi connectivity index (χ0) is 15.2. The molecule has 1 amide bonds. The van der Waals surface area contributed by atoms with Gasteiger partial charge in [0.05, 0.1) is 4.88 Å². The number of carbonyl (C=O) groups is 2. The second-order valence-electron chi connectivity index (χ2n) is 5.01. The van der Waals surface area contributed by atoms with E-state index in [1.807, 2.05) is 11.8 Å². The Morgan fingerprint density at radius 1 is 1.38 bits per heavy atom. The minimum absolute atomic E-state index is 0.0547. The quantitative estimate of drug-likeness (QED) is 0.816. The van der Waals surface area contributed by atoms with Gasteiger partial charge >= 0.3 is 5.97 Å². The first-order valence-corrected chi connectivity index (χ1v) is 9.05. The molecule has 0 aliphatic heterocycles. The summed E-state index contributed by atoms with van der Waals surface area (Å²) in [7, 11) is 0. The SMILES string of the molecule is CSC1CCCCC1NC(=O)c1ccc(/C=C/C(=O)O)s1. The predicted octanol–water partition coefficient (Wildman–Crippen LogP) is 3.25. The number of carboxylic acid groups (broad SMARTS) is 1. The van der Waals surface area contributed by atoms with Crippen molar-refractivity contribution < 1.29 is 14.7 Å². The van der Waals surface area contributed by atoms with Crippen LogP contribution in [0.15, 0.2) is 18.2 Å². The molecular weight excluding hydrogens is 306 g/mol. The lowest BCUT2D eigenvalue weighted by molar-refractivity contribution is -0.131. The highest BCUT2D eigenvalue weighted by molar-refractivity contribution is 7.99. The van der Waals surface area contributed by atoms with Crippen molar-refractivity contribution in [1.82, 2.24) is 5.32 Å². The maximum absolute atomic E-state index is 12.3. The third kappa shape index (κ3) is 4.61. The van der Waals surface area contributed by atoms with E-state index in [-0.39, 0.29) is 11.9 Å². The van der Waals surface area contributed by atoms with Crippen molar-refractivity contribution in [3.63, 3.8) is 0 Å². The molecule has 2 unspecified atom stereocenters. The van der Waals surface area contributed by atoms with Crippen LogP contribution < -0.4 is 5.32 Å². The smallest absolute Gasteiger partial charge is 0.328 e.